The molecule has 1 aliphatic rings. The van der Waals surface area contributed by atoms with Crippen LogP contribution in [0.25, 0.3) is 0 Å². The van der Waals surface area contributed by atoms with Gasteiger partial charge in [-0.2, -0.15) is 0 Å². The summed E-state index contributed by atoms with van der Waals surface area (Å²) < 4.78 is 0. The molecule has 1 fully saturated rings. The maximum absolute atomic E-state index is 3.61. The minimum atomic E-state index is 0.290. The van der Waals surface area contributed by atoms with Gasteiger partial charge in [0, 0.05) is 31.2 Å². The summed E-state index contributed by atoms with van der Waals surface area (Å²) in [7, 11) is 0. The molecule has 0 aromatic carbocycles. The standard InChI is InChI=1S/C13H28N2/c1-6-12(7-2)9-15-10-13(4,5)14-8-11(15)3/h11-12,14H,6-10H2,1-5H3. The fourth-order valence-corrected chi connectivity index (χ4v) is 2.40. The van der Waals surface area contributed by atoms with Crippen molar-refractivity contribution in [1.29, 1.82) is 0 Å². The van der Waals surface area contributed by atoms with E-state index in [0.717, 1.165) is 12.5 Å². The van der Waals surface area contributed by atoms with E-state index in [0.29, 0.717) is 11.6 Å². The van der Waals surface area contributed by atoms with Crippen molar-refractivity contribution in [3.63, 3.8) is 0 Å². The summed E-state index contributed by atoms with van der Waals surface area (Å²) in [6.45, 7) is 15.2. The lowest BCUT2D eigenvalue weighted by Gasteiger charge is -2.44. The molecular weight excluding hydrogens is 184 g/mol. The van der Waals surface area contributed by atoms with Crippen LogP contribution in [0.5, 0.6) is 0 Å². The second-order valence-electron chi connectivity index (χ2n) is 5.73. The van der Waals surface area contributed by atoms with Crippen molar-refractivity contribution in [2.45, 2.75) is 59.0 Å². The molecule has 1 aliphatic heterocycles. The van der Waals surface area contributed by atoms with E-state index in [1.165, 1.54) is 25.9 Å². The fraction of sp³-hybridized carbons (Fsp3) is 1.00. The summed E-state index contributed by atoms with van der Waals surface area (Å²) in [5, 5.41) is 3.61. The largest absolute Gasteiger partial charge is 0.309 e. The molecule has 1 N–H and O–H groups in total. The molecule has 0 aromatic rings. The van der Waals surface area contributed by atoms with Crippen molar-refractivity contribution in [1.82, 2.24) is 10.2 Å². The predicted molar refractivity (Wildman–Crippen MR) is 67.2 cm³/mol. The van der Waals surface area contributed by atoms with Crippen molar-refractivity contribution >= 4 is 0 Å². The van der Waals surface area contributed by atoms with Gasteiger partial charge in [-0.15, -0.1) is 0 Å². The van der Waals surface area contributed by atoms with Crippen LogP contribution in [0.2, 0.25) is 0 Å². The van der Waals surface area contributed by atoms with E-state index >= 15 is 0 Å². The lowest BCUT2D eigenvalue weighted by atomic mass is 9.96. The Kier molecular flexibility index (Phi) is 4.60. The molecule has 1 saturated heterocycles. The quantitative estimate of drug-likeness (QED) is 0.770. The number of nitrogens with zero attached hydrogens (tertiary/aromatic N) is 1. The molecule has 0 radical (unpaired) electrons. The molecule has 1 heterocycles. The molecular formula is C13H28N2. The Balaban J connectivity index is 2.51. The fourth-order valence-electron chi connectivity index (χ4n) is 2.40. The molecule has 0 spiro atoms. The topological polar surface area (TPSA) is 15.3 Å². The molecule has 0 amide bonds. The Bertz CT molecular complexity index is 185. The zero-order valence-corrected chi connectivity index (χ0v) is 11.1. The van der Waals surface area contributed by atoms with Gasteiger partial charge in [0.2, 0.25) is 0 Å². The molecule has 0 saturated carbocycles. The highest BCUT2D eigenvalue weighted by Gasteiger charge is 2.30. The van der Waals surface area contributed by atoms with Crippen LogP contribution in [0.4, 0.5) is 0 Å². The molecule has 2 nitrogen and oxygen atoms in total. The summed E-state index contributed by atoms with van der Waals surface area (Å²) >= 11 is 0. The van der Waals surface area contributed by atoms with E-state index in [1.54, 1.807) is 0 Å². The van der Waals surface area contributed by atoms with Crippen molar-refractivity contribution < 1.29 is 0 Å². The summed E-state index contributed by atoms with van der Waals surface area (Å²) in [6.07, 6.45) is 2.63. The van der Waals surface area contributed by atoms with E-state index in [-0.39, 0.29) is 0 Å². The van der Waals surface area contributed by atoms with Crippen LogP contribution in [0.15, 0.2) is 0 Å². The zero-order chi connectivity index (χ0) is 11.5. The average Bonchev–Trinajstić information content (AvgIpc) is 2.19. The maximum Gasteiger partial charge on any atom is 0.0252 e. The third kappa shape index (κ3) is 3.76. The summed E-state index contributed by atoms with van der Waals surface area (Å²) in [5.74, 6) is 0.876. The molecule has 1 unspecified atom stereocenters. The molecule has 15 heavy (non-hydrogen) atoms. The lowest BCUT2D eigenvalue weighted by molar-refractivity contribution is 0.0862. The van der Waals surface area contributed by atoms with Crippen LogP contribution < -0.4 is 5.32 Å². The Morgan fingerprint density at radius 3 is 2.47 bits per heavy atom. The first kappa shape index (κ1) is 13.0. The second kappa shape index (κ2) is 5.31. The van der Waals surface area contributed by atoms with E-state index in [9.17, 15) is 0 Å². The number of hydrogen-bond donors (Lipinski definition) is 1. The van der Waals surface area contributed by atoms with Gasteiger partial charge in [0.1, 0.15) is 0 Å². The minimum Gasteiger partial charge on any atom is -0.309 e. The van der Waals surface area contributed by atoms with Gasteiger partial charge in [0.05, 0.1) is 0 Å². The Hall–Kier alpha value is -0.0800. The highest BCUT2D eigenvalue weighted by molar-refractivity contribution is 4.91. The van der Waals surface area contributed by atoms with Gasteiger partial charge in [0.15, 0.2) is 0 Å². The van der Waals surface area contributed by atoms with Crippen molar-refractivity contribution in [2.75, 3.05) is 19.6 Å². The highest BCUT2D eigenvalue weighted by Crippen LogP contribution is 2.18. The first-order chi connectivity index (χ1) is 6.98. The van der Waals surface area contributed by atoms with Crippen LogP contribution in [-0.2, 0) is 0 Å². The van der Waals surface area contributed by atoms with E-state index in [4.69, 9.17) is 0 Å². The van der Waals surface area contributed by atoms with Crippen LogP contribution in [-0.4, -0.2) is 36.1 Å². The zero-order valence-electron chi connectivity index (χ0n) is 11.1. The molecule has 1 rings (SSSR count). The Morgan fingerprint density at radius 1 is 1.33 bits per heavy atom. The summed E-state index contributed by atoms with van der Waals surface area (Å²) in [4.78, 5) is 2.66. The van der Waals surface area contributed by atoms with Gasteiger partial charge in [0.25, 0.3) is 0 Å². The number of hydrogen-bond acceptors (Lipinski definition) is 2. The minimum absolute atomic E-state index is 0.290. The summed E-state index contributed by atoms with van der Waals surface area (Å²) in [6, 6.07) is 0.693. The highest BCUT2D eigenvalue weighted by atomic mass is 15.2. The Labute approximate surface area is 95.4 Å². The van der Waals surface area contributed by atoms with Gasteiger partial charge in [-0.05, 0) is 26.7 Å². The molecule has 0 aromatic heterocycles. The van der Waals surface area contributed by atoms with Gasteiger partial charge in [-0.3, -0.25) is 4.90 Å². The van der Waals surface area contributed by atoms with E-state index < -0.39 is 0 Å². The molecule has 90 valence electrons. The number of rotatable bonds is 4. The average molecular weight is 212 g/mol. The first-order valence-electron chi connectivity index (χ1n) is 6.47. The molecule has 0 aliphatic carbocycles. The number of nitrogens with one attached hydrogen (secondary N) is 1. The predicted octanol–water partition coefficient (Wildman–Crippen LogP) is 2.49. The third-order valence-electron chi connectivity index (χ3n) is 3.75. The SMILES string of the molecule is CCC(CC)CN1CC(C)(C)NCC1C. The van der Waals surface area contributed by atoms with E-state index in [1.807, 2.05) is 0 Å². The smallest absolute Gasteiger partial charge is 0.0252 e. The van der Waals surface area contributed by atoms with Gasteiger partial charge >= 0.3 is 0 Å². The molecule has 1 atom stereocenters. The maximum atomic E-state index is 3.61. The summed E-state index contributed by atoms with van der Waals surface area (Å²) in [5.41, 5.74) is 0.290. The van der Waals surface area contributed by atoms with Gasteiger partial charge in [-0.1, -0.05) is 26.7 Å². The molecule has 0 bridgehead atoms. The second-order valence-corrected chi connectivity index (χ2v) is 5.73. The normalized spacial score (nSPS) is 27.2. The van der Waals surface area contributed by atoms with Crippen molar-refractivity contribution in [2.24, 2.45) is 5.92 Å². The van der Waals surface area contributed by atoms with Gasteiger partial charge in [-0.25, -0.2) is 0 Å². The number of piperazine rings is 1. The van der Waals surface area contributed by atoms with Crippen molar-refractivity contribution in [3.05, 3.63) is 0 Å². The third-order valence-corrected chi connectivity index (χ3v) is 3.75. The Morgan fingerprint density at radius 2 is 1.93 bits per heavy atom. The van der Waals surface area contributed by atoms with Crippen LogP contribution in [0.1, 0.15) is 47.5 Å². The van der Waals surface area contributed by atoms with Gasteiger partial charge < -0.3 is 5.32 Å². The lowest BCUT2D eigenvalue weighted by Crippen LogP contribution is -2.61. The van der Waals surface area contributed by atoms with Crippen LogP contribution in [0.3, 0.4) is 0 Å². The van der Waals surface area contributed by atoms with Crippen LogP contribution >= 0.6 is 0 Å². The molecule has 2 heteroatoms. The van der Waals surface area contributed by atoms with E-state index in [2.05, 4.69) is 44.8 Å². The monoisotopic (exact) mass is 212 g/mol. The first-order valence-corrected chi connectivity index (χ1v) is 6.47. The van der Waals surface area contributed by atoms with Crippen LogP contribution in [0, 0.1) is 5.92 Å². The van der Waals surface area contributed by atoms with Crippen molar-refractivity contribution in [3.8, 4) is 0 Å².